The van der Waals surface area contributed by atoms with Gasteiger partial charge in [0.1, 0.15) is 0 Å². The molecule has 6 nitrogen and oxygen atoms in total. The maximum atomic E-state index is 11.2. The number of para-hydroxylation sites is 1. The number of carbonyl (C=O) groups is 1. The van der Waals surface area contributed by atoms with E-state index in [9.17, 15) is 9.90 Å². The second-order valence-electron chi connectivity index (χ2n) is 4.66. The number of aromatic carboxylic acids is 1. The molecule has 0 spiro atoms. The van der Waals surface area contributed by atoms with Crippen LogP contribution in [0.5, 0.6) is 0 Å². The van der Waals surface area contributed by atoms with Crippen molar-refractivity contribution in [3.05, 3.63) is 53.3 Å². The van der Waals surface area contributed by atoms with E-state index in [0.29, 0.717) is 22.3 Å². The van der Waals surface area contributed by atoms with Crippen molar-refractivity contribution >= 4 is 17.0 Å². The van der Waals surface area contributed by atoms with Crippen molar-refractivity contribution in [3.63, 3.8) is 0 Å². The van der Waals surface area contributed by atoms with E-state index in [0.717, 1.165) is 5.69 Å². The lowest BCUT2D eigenvalue weighted by molar-refractivity contribution is 0.0690. The van der Waals surface area contributed by atoms with E-state index < -0.39 is 5.97 Å². The summed E-state index contributed by atoms with van der Waals surface area (Å²) in [7, 11) is 0. The monoisotopic (exact) mass is 283 g/mol. The Morgan fingerprint density at radius 3 is 2.62 bits per heavy atom. The van der Waals surface area contributed by atoms with Gasteiger partial charge in [0.25, 0.3) is 0 Å². The van der Waals surface area contributed by atoms with Gasteiger partial charge in [0.2, 0.25) is 0 Å². The van der Waals surface area contributed by atoms with Crippen molar-refractivity contribution in [3.8, 4) is 5.69 Å². The zero-order chi connectivity index (χ0) is 15.0. The predicted octanol–water partition coefficient (Wildman–Crippen LogP) is 1.92. The molecule has 0 fully saturated rings. The number of aliphatic hydroxyl groups is 1. The lowest BCUT2D eigenvalue weighted by Crippen LogP contribution is -2.05. The topological polar surface area (TPSA) is 88.2 Å². The maximum absolute atomic E-state index is 11.2. The van der Waals surface area contributed by atoms with Gasteiger partial charge in [-0.3, -0.25) is 0 Å². The molecule has 0 aliphatic carbocycles. The van der Waals surface area contributed by atoms with Crippen LogP contribution in [0, 0.1) is 6.92 Å². The maximum Gasteiger partial charge on any atom is 0.354 e. The third-order valence-electron chi connectivity index (χ3n) is 3.28. The molecule has 1 aromatic carbocycles. The molecule has 0 amide bonds. The highest BCUT2D eigenvalue weighted by atomic mass is 16.4. The Bertz CT molecular complexity index is 825. The molecular formula is C15H13N3O3. The summed E-state index contributed by atoms with van der Waals surface area (Å²) < 4.78 is 1.59. The fraction of sp³-hybridized carbons (Fsp3) is 0.133. The summed E-state index contributed by atoms with van der Waals surface area (Å²) in [5.41, 5.74) is 2.32. The third-order valence-corrected chi connectivity index (χ3v) is 3.28. The standard InChI is InChI=1S/C15H13N3O3/c1-9-13-10(8-19)7-12(15(20)21)16-14(13)18(17-9)11-5-3-2-4-6-11/h2-7,19H,8H2,1H3,(H,20,21). The molecule has 2 heterocycles. The average Bonchev–Trinajstić information content (AvgIpc) is 2.84. The second kappa shape index (κ2) is 4.99. The van der Waals surface area contributed by atoms with Gasteiger partial charge in [-0.05, 0) is 30.7 Å². The van der Waals surface area contributed by atoms with Crippen molar-refractivity contribution in [2.24, 2.45) is 0 Å². The van der Waals surface area contributed by atoms with E-state index in [-0.39, 0.29) is 12.3 Å². The van der Waals surface area contributed by atoms with Crippen LogP contribution in [0.3, 0.4) is 0 Å². The van der Waals surface area contributed by atoms with Gasteiger partial charge in [0, 0.05) is 5.39 Å². The molecule has 0 unspecified atom stereocenters. The molecule has 106 valence electrons. The fourth-order valence-electron chi connectivity index (χ4n) is 2.36. The number of aryl methyl sites for hydroxylation is 1. The fourth-order valence-corrected chi connectivity index (χ4v) is 2.36. The smallest absolute Gasteiger partial charge is 0.354 e. The number of aromatic nitrogens is 3. The number of fused-ring (bicyclic) bond motifs is 1. The Morgan fingerprint density at radius 2 is 2.00 bits per heavy atom. The van der Waals surface area contributed by atoms with Gasteiger partial charge < -0.3 is 10.2 Å². The molecule has 3 aromatic rings. The Kier molecular flexibility index (Phi) is 3.15. The molecule has 2 aromatic heterocycles. The molecule has 0 saturated heterocycles. The molecule has 0 atom stereocenters. The van der Waals surface area contributed by atoms with E-state index >= 15 is 0 Å². The number of hydrogen-bond acceptors (Lipinski definition) is 4. The quantitative estimate of drug-likeness (QED) is 0.766. The van der Waals surface area contributed by atoms with E-state index in [1.807, 2.05) is 37.3 Å². The summed E-state index contributed by atoms with van der Waals surface area (Å²) >= 11 is 0. The summed E-state index contributed by atoms with van der Waals surface area (Å²) in [4.78, 5) is 15.4. The van der Waals surface area contributed by atoms with Crippen molar-refractivity contribution in [2.75, 3.05) is 0 Å². The average molecular weight is 283 g/mol. The van der Waals surface area contributed by atoms with Crippen LogP contribution >= 0.6 is 0 Å². The predicted molar refractivity (Wildman–Crippen MR) is 76.5 cm³/mol. The second-order valence-corrected chi connectivity index (χ2v) is 4.66. The highest BCUT2D eigenvalue weighted by Crippen LogP contribution is 2.24. The highest BCUT2D eigenvalue weighted by molar-refractivity contribution is 5.91. The van der Waals surface area contributed by atoms with E-state index in [1.165, 1.54) is 6.07 Å². The van der Waals surface area contributed by atoms with E-state index in [2.05, 4.69) is 10.1 Å². The SMILES string of the molecule is Cc1nn(-c2ccccc2)c2nc(C(=O)O)cc(CO)c12. The van der Waals surface area contributed by atoms with Crippen LogP contribution in [0.15, 0.2) is 36.4 Å². The summed E-state index contributed by atoms with van der Waals surface area (Å²) in [5.74, 6) is -1.13. The van der Waals surface area contributed by atoms with Gasteiger partial charge in [-0.1, -0.05) is 18.2 Å². The number of pyridine rings is 1. The molecule has 21 heavy (non-hydrogen) atoms. The van der Waals surface area contributed by atoms with Crippen molar-refractivity contribution in [1.29, 1.82) is 0 Å². The Hall–Kier alpha value is -2.73. The van der Waals surface area contributed by atoms with Crippen molar-refractivity contribution in [2.45, 2.75) is 13.5 Å². The number of aliphatic hydroxyl groups excluding tert-OH is 1. The Morgan fingerprint density at radius 1 is 1.29 bits per heavy atom. The summed E-state index contributed by atoms with van der Waals surface area (Å²) in [6.07, 6.45) is 0. The van der Waals surface area contributed by atoms with Gasteiger partial charge in [-0.2, -0.15) is 5.10 Å². The molecule has 6 heteroatoms. The first-order valence-electron chi connectivity index (χ1n) is 6.40. The summed E-state index contributed by atoms with van der Waals surface area (Å²) in [5, 5.41) is 23.8. The lowest BCUT2D eigenvalue weighted by Gasteiger charge is -2.05. The largest absolute Gasteiger partial charge is 0.477 e. The molecular weight excluding hydrogens is 270 g/mol. The van der Waals surface area contributed by atoms with Crippen LogP contribution in [0.2, 0.25) is 0 Å². The third kappa shape index (κ3) is 2.15. The van der Waals surface area contributed by atoms with Gasteiger partial charge in [-0.25, -0.2) is 14.5 Å². The summed E-state index contributed by atoms with van der Waals surface area (Å²) in [6.45, 7) is 1.55. The molecule has 0 aliphatic rings. The number of carboxylic acid groups (broad SMARTS) is 1. The minimum absolute atomic E-state index is 0.108. The minimum atomic E-state index is -1.13. The van der Waals surface area contributed by atoms with Crippen molar-refractivity contribution < 1.29 is 15.0 Å². The molecule has 0 radical (unpaired) electrons. The lowest BCUT2D eigenvalue weighted by atomic mass is 10.1. The molecule has 0 bridgehead atoms. The number of rotatable bonds is 3. The van der Waals surface area contributed by atoms with Crippen LogP contribution in [0.25, 0.3) is 16.7 Å². The minimum Gasteiger partial charge on any atom is -0.477 e. The van der Waals surface area contributed by atoms with Gasteiger partial charge >= 0.3 is 5.97 Å². The van der Waals surface area contributed by atoms with Gasteiger partial charge in [0.05, 0.1) is 18.0 Å². The van der Waals surface area contributed by atoms with Crippen LogP contribution in [-0.2, 0) is 6.61 Å². The van der Waals surface area contributed by atoms with Crippen molar-refractivity contribution in [1.82, 2.24) is 14.8 Å². The van der Waals surface area contributed by atoms with Crippen LogP contribution in [0.4, 0.5) is 0 Å². The Balaban J connectivity index is 2.37. The molecule has 0 aliphatic heterocycles. The number of hydrogen-bond donors (Lipinski definition) is 2. The van der Waals surface area contributed by atoms with E-state index in [1.54, 1.807) is 4.68 Å². The zero-order valence-corrected chi connectivity index (χ0v) is 11.3. The normalized spacial score (nSPS) is 11.0. The number of benzene rings is 1. The molecule has 0 saturated carbocycles. The summed E-state index contributed by atoms with van der Waals surface area (Å²) in [6, 6.07) is 10.7. The van der Waals surface area contributed by atoms with Gasteiger partial charge in [-0.15, -0.1) is 0 Å². The zero-order valence-electron chi connectivity index (χ0n) is 11.3. The first-order valence-corrected chi connectivity index (χ1v) is 6.40. The van der Waals surface area contributed by atoms with Gasteiger partial charge in [0.15, 0.2) is 11.3 Å². The van der Waals surface area contributed by atoms with Crippen LogP contribution in [0.1, 0.15) is 21.7 Å². The van der Waals surface area contributed by atoms with E-state index in [4.69, 9.17) is 5.11 Å². The van der Waals surface area contributed by atoms with Crippen LogP contribution < -0.4 is 0 Å². The molecule has 2 N–H and O–H groups in total. The highest BCUT2D eigenvalue weighted by Gasteiger charge is 2.17. The first-order chi connectivity index (χ1) is 10.1. The number of nitrogens with zero attached hydrogens (tertiary/aromatic N) is 3. The number of carboxylic acids is 1. The molecule has 3 rings (SSSR count). The van der Waals surface area contributed by atoms with Crippen LogP contribution in [-0.4, -0.2) is 30.9 Å². The Labute approximate surface area is 120 Å². The first kappa shape index (κ1) is 13.3.